The van der Waals surface area contributed by atoms with Crippen molar-refractivity contribution in [1.29, 1.82) is 0 Å². The Morgan fingerprint density at radius 1 is 0.958 bits per heavy atom. The lowest BCUT2D eigenvalue weighted by atomic mass is 10.00. The molecule has 2 heterocycles. The Labute approximate surface area is 285 Å². The topological polar surface area (TPSA) is 157 Å². The molecule has 12 nitrogen and oxygen atoms in total. The van der Waals surface area contributed by atoms with Crippen molar-refractivity contribution >= 4 is 63.4 Å². The number of fused-ring (bicyclic) bond motifs is 2. The maximum atomic E-state index is 13.7. The molecule has 258 valence electrons. The number of halogens is 1. The zero-order valence-corrected chi connectivity index (χ0v) is 28.7. The lowest BCUT2D eigenvalue weighted by Crippen LogP contribution is -2.56. The van der Waals surface area contributed by atoms with Crippen LogP contribution in [-0.2, 0) is 41.5 Å². The van der Waals surface area contributed by atoms with Crippen molar-refractivity contribution in [3.63, 3.8) is 0 Å². The zero-order chi connectivity index (χ0) is 35.0. The van der Waals surface area contributed by atoms with Crippen molar-refractivity contribution in [3.05, 3.63) is 59.7 Å². The number of esters is 1. The number of carbonyl (C=O) groups is 5. The van der Waals surface area contributed by atoms with Crippen molar-refractivity contribution in [2.45, 2.75) is 89.9 Å². The third kappa shape index (κ3) is 9.35. The number of unbranched alkanes of at least 4 members (excludes halogenated alkanes) is 1. The van der Waals surface area contributed by atoms with Crippen LogP contribution in [0.25, 0.3) is 21.8 Å². The van der Waals surface area contributed by atoms with Crippen LogP contribution in [0.3, 0.4) is 0 Å². The second-order valence-corrected chi connectivity index (χ2v) is 13.2. The summed E-state index contributed by atoms with van der Waals surface area (Å²) in [5, 5.41) is 9.85. The van der Waals surface area contributed by atoms with Gasteiger partial charge in [0, 0.05) is 30.7 Å². The second kappa shape index (κ2) is 16.1. The van der Waals surface area contributed by atoms with E-state index in [2.05, 4.69) is 20.8 Å². The van der Waals surface area contributed by atoms with Gasteiger partial charge in [-0.2, -0.15) is 0 Å². The summed E-state index contributed by atoms with van der Waals surface area (Å²) in [5.41, 5.74) is 2.26. The highest BCUT2D eigenvalue weighted by Crippen LogP contribution is 2.32. The van der Waals surface area contributed by atoms with Crippen molar-refractivity contribution in [1.82, 2.24) is 25.4 Å². The summed E-state index contributed by atoms with van der Waals surface area (Å²) in [4.78, 5) is 68.2. The van der Waals surface area contributed by atoms with Gasteiger partial charge in [0.05, 0.1) is 18.1 Å². The number of ether oxygens (including phenoxy) is 2. The fourth-order valence-corrected chi connectivity index (χ4v) is 5.86. The number of nitrogens with zero attached hydrogens (tertiary/aromatic N) is 1. The van der Waals surface area contributed by atoms with Gasteiger partial charge in [-0.3, -0.25) is 14.4 Å². The maximum Gasteiger partial charge on any atom is 0.419 e. The first-order valence-electron chi connectivity index (χ1n) is 16.0. The highest BCUT2D eigenvalue weighted by molar-refractivity contribution is 6.13. The third-order valence-electron chi connectivity index (χ3n) is 7.95. The third-order valence-corrected chi connectivity index (χ3v) is 8.13. The monoisotopic (exact) mass is 681 g/mol. The van der Waals surface area contributed by atoms with Crippen molar-refractivity contribution in [3.8, 4) is 0 Å². The van der Waals surface area contributed by atoms with E-state index in [4.69, 9.17) is 21.3 Å². The Bertz CT molecular complexity index is 1710. The first kappa shape index (κ1) is 36.4. The molecule has 0 radical (unpaired) electrons. The van der Waals surface area contributed by atoms with E-state index in [1.54, 1.807) is 37.5 Å². The van der Waals surface area contributed by atoms with Crippen LogP contribution in [0.4, 0.5) is 4.79 Å². The fraction of sp³-hybridized carbons (Fsp3) is 0.457. The summed E-state index contributed by atoms with van der Waals surface area (Å²) in [7, 11) is 1.24. The number of methoxy groups -OCH3 is 1. The number of carbonyl (C=O) groups excluding carboxylic acids is 5. The number of rotatable bonds is 7. The molecule has 1 unspecified atom stereocenters. The standard InChI is InChI=1S/C35H44ClN5O7/c1-21(42)38-28-20-23-14-16-30-25(19-23)24-18-22(13-15-29(24)41(30)34(46)48-35(2,3)4)10-6-7-12-27(33(45)47-5)40-31(43)26(39-32(28)44)11-8-9-17-37-36/h6-7,13-16,18-19,26-28,37H,8-12,17,20H2,1-5H3,(H,38,42)(H,39,44)(H,40,43)/t26-,27-,28?/m0/s1. The van der Waals surface area contributed by atoms with Crippen molar-refractivity contribution < 1.29 is 33.4 Å². The van der Waals surface area contributed by atoms with Crippen LogP contribution in [0.2, 0.25) is 0 Å². The Kier molecular flexibility index (Phi) is 12.2. The van der Waals surface area contributed by atoms with Gasteiger partial charge in [-0.15, -0.1) is 0 Å². The van der Waals surface area contributed by atoms with E-state index in [1.165, 1.54) is 14.0 Å². The molecule has 1 aliphatic heterocycles. The summed E-state index contributed by atoms with van der Waals surface area (Å²) in [6.45, 7) is 7.24. The van der Waals surface area contributed by atoms with Crippen LogP contribution in [0.1, 0.15) is 64.5 Å². The molecular weight excluding hydrogens is 638 g/mol. The zero-order valence-electron chi connectivity index (χ0n) is 28.0. The van der Waals surface area contributed by atoms with Crippen LogP contribution in [0, 0.1) is 0 Å². The van der Waals surface area contributed by atoms with Crippen LogP contribution >= 0.6 is 11.8 Å². The van der Waals surface area contributed by atoms with E-state index in [0.29, 0.717) is 36.8 Å². The Morgan fingerprint density at radius 3 is 2.25 bits per heavy atom. The molecule has 4 N–H and O–H groups in total. The number of hydrogen-bond acceptors (Lipinski definition) is 8. The number of allylic oxidation sites excluding steroid dienone is 1. The van der Waals surface area contributed by atoms with E-state index in [0.717, 1.165) is 21.9 Å². The number of nitrogens with one attached hydrogen (secondary N) is 4. The van der Waals surface area contributed by atoms with Crippen LogP contribution in [0.15, 0.2) is 48.6 Å². The molecule has 13 heteroatoms. The number of hydrogen-bond donors (Lipinski definition) is 4. The molecule has 48 heavy (non-hydrogen) atoms. The van der Waals surface area contributed by atoms with Crippen molar-refractivity contribution in [2.75, 3.05) is 13.7 Å². The maximum absolute atomic E-state index is 13.7. The van der Waals surface area contributed by atoms with Gasteiger partial charge in [-0.1, -0.05) is 24.3 Å². The highest BCUT2D eigenvalue weighted by atomic mass is 35.5. The van der Waals surface area contributed by atoms with Gasteiger partial charge >= 0.3 is 12.1 Å². The van der Waals surface area contributed by atoms with Gasteiger partial charge in [-0.25, -0.2) is 19.0 Å². The molecule has 0 fully saturated rings. The molecular formula is C35H44ClN5O7. The van der Waals surface area contributed by atoms with Gasteiger partial charge in [0.25, 0.3) is 0 Å². The molecule has 4 rings (SSSR count). The Morgan fingerprint density at radius 2 is 1.62 bits per heavy atom. The molecule has 1 aliphatic rings. The van der Waals surface area contributed by atoms with Gasteiger partial charge < -0.3 is 25.4 Å². The van der Waals surface area contributed by atoms with Gasteiger partial charge in [-0.05, 0) is 100 Å². The van der Waals surface area contributed by atoms with Crippen LogP contribution in [-0.4, -0.2) is 71.7 Å². The van der Waals surface area contributed by atoms with Gasteiger partial charge in [0.1, 0.15) is 23.7 Å². The lowest BCUT2D eigenvalue weighted by molar-refractivity contribution is -0.145. The predicted molar refractivity (Wildman–Crippen MR) is 183 cm³/mol. The molecule has 2 aromatic carbocycles. The van der Waals surface area contributed by atoms with E-state index >= 15 is 0 Å². The number of benzene rings is 2. The predicted octanol–water partition coefficient (Wildman–Crippen LogP) is 4.18. The number of aromatic nitrogens is 1. The minimum Gasteiger partial charge on any atom is -0.467 e. The Balaban J connectivity index is 1.82. The quantitative estimate of drug-likeness (QED) is 0.125. The molecule has 0 saturated heterocycles. The smallest absolute Gasteiger partial charge is 0.419 e. The van der Waals surface area contributed by atoms with Crippen LogP contribution in [0.5, 0.6) is 0 Å². The fourth-order valence-electron chi connectivity index (χ4n) is 5.73. The lowest BCUT2D eigenvalue weighted by Gasteiger charge is -2.25. The first-order chi connectivity index (χ1) is 22.8. The van der Waals surface area contributed by atoms with Gasteiger partial charge in [0.15, 0.2) is 0 Å². The highest BCUT2D eigenvalue weighted by Gasteiger charge is 2.30. The normalized spacial score (nSPS) is 19.2. The average Bonchev–Trinajstić information content (AvgIpc) is 3.34. The van der Waals surface area contributed by atoms with E-state index in [1.807, 2.05) is 36.4 Å². The van der Waals surface area contributed by atoms with E-state index in [9.17, 15) is 24.0 Å². The van der Waals surface area contributed by atoms with Crippen LogP contribution < -0.4 is 20.8 Å². The molecule has 3 aromatic rings. The van der Waals surface area contributed by atoms with Crippen molar-refractivity contribution in [2.24, 2.45) is 0 Å². The summed E-state index contributed by atoms with van der Waals surface area (Å²) in [6, 6.07) is 8.31. The summed E-state index contributed by atoms with van der Waals surface area (Å²) < 4.78 is 12.3. The molecule has 3 amide bonds. The second-order valence-electron chi connectivity index (χ2n) is 12.9. The molecule has 3 atom stereocenters. The molecule has 4 bridgehead atoms. The van der Waals surface area contributed by atoms with E-state index < -0.39 is 53.5 Å². The summed E-state index contributed by atoms with van der Waals surface area (Å²) in [6.07, 6.45) is 5.42. The first-order valence-corrected chi connectivity index (χ1v) is 16.4. The molecule has 0 saturated carbocycles. The summed E-state index contributed by atoms with van der Waals surface area (Å²) >= 11 is 5.60. The molecule has 1 aromatic heterocycles. The molecule has 0 aliphatic carbocycles. The van der Waals surface area contributed by atoms with Gasteiger partial charge in [0.2, 0.25) is 17.7 Å². The summed E-state index contributed by atoms with van der Waals surface area (Å²) in [5.74, 6) is -2.15. The van der Waals surface area contributed by atoms with E-state index in [-0.39, 0.29) is 19.3 Å². The minimum absolute atomic E-state index is 0.109. The largest absolute Gasteiger partial charge is 0.467 e. The Hall–Kier alpha value is -4.42. The number of amides is 3. The molecule has 0 spiro atoms. The average molecular weight is 682 g/mol. The minimum atomic E-state index is -1.02. The SMILES string of the molecule is COC(=O)[C@@H]1CC=CCc2ccc3c(c2)c2cc(ccc2n3C(=O)OC(C)(C)C)CC(NC(C)=O)C(=O)N[C@@H](CCCCNCl)C(=O)N1.